The number of aromatic nitrogens is 3. The van der Waals surface area contributed by atoms with E-state index in [0.29, 0.717) is 5.56 Å². The number of rotatable bonds is 4. The van der Waals surface area contributed by atoms with E-state index in [4.69, 9.17) is 10.8 Å². The Labute approximate surface area is 144 Å². The van der Waals surface area contributed by atoms with Crippen LogP contribution in [0.2, 0.25) is 0 Å². The van der Waals surface area contributed by atoms with Gasteiger partial charge < -0.3 is 5.73 Å². The Hall–Kier alpha value is -3.47. The first kappa shape index (κ1) is 15.1. The van der Waals surface area contributed by atoms with Crippen LogP contribution in [0.25, 0.3) is 16.9 Å². The summed E-state index contributed by atoms with van der Waals surface area (Å²) in [5.41, 5.74) is 10.5. The number of hydrogen-bond acceptors (Lipinski definition) is 3. The highest BCUT2D eigenvalue weighted by molar-refractivity contribution is 5.93. The summed E-state index contributed by atoms with van der Waals surface area (Å²) in [5, 5.41) is 4.73. The third-order valence-electron chi connectivity index (χ3n) is 4.11. The quantitative estimate of drug-likeness (QED) is 0.625. The van der Waals surface area contributed by atoms with Crippen LogP contribution in [0.15, 0.2) is 72.9 Å². The van der Waals surface area contributed by atoms with E-state index in [-0.39, 0.29) is 0 Å². The average molecular weight is 328 g/mol. The van der Waals surface area contributed by atoms with Crippen LogP contribution in [0.5, 0.6) is 0 Å². The second-order valence-corrected chi connectivity index (χ2v) is 5.84. The maximum Gasteiger partial charge on any atom is 0.248 e. The summed E-state index contributed by atoms with van der Waals surface area (Å²) in [7, 11) is 0. The van der Waals surface area contributed by atoms with Gasteiger partial charge in [-0.05, 0) is 29.8 Å². The van der Waals surface area contributed by atoms with Gasteiger partial charge in [-0.25, -0.2) is 9.50 Å². The molecule has 4 aromatic rings. The first-order valence-electron chi connectivity index (χ1n) is 7.98. The number of nitrogens with zero attached hydrogens (tertiary/aromatic N) is 3. The van der Waals surface area contributed by atoms with Crippen LogP contribution in [-0.2, 0) is 6.42 Å². The Bertz CT molecular complexity index is 1040. The van der Waals surface area contributed by atoms with Crippen LogP contribution in [-0.4, -0.2) is 20.5 Å². The molecule has 4 rings (SSSR count). The molecule has 0 radical (unpaired) electrons. The number of carbonyl (C=O) groups is 1. The third kappa shape index (κ3) is 2.99. The Kier molecular flexibility index (Phi) is 3.74. The van der Waals surface area contributed by atoms with E-state index in [1.165, 1.54) is 5.56 Å². The lowest BCUT2D eigenvalue weighted by Crippen LogP contribution is -2.10. The van der Waals surface area contributed by atoms with E-state index < -0.39 is 5.91 Å². The number of nitrogens with two attached hydrogens (primary N) is 1. The molecule has 2 N–H and O–H groups in total. The highest BCUT2D eigenvalue weighted by Crippen LogP contribution is 2.21. The predicted octanol–water partition coefficient (Wildman–Crippen LogP) is 3.09. The Balaban J connectivity index is 1.72. The van der Waals surface area contributed by atoms with E-state index in [2.05, 4.69) is 17.1 Å². The van der Waals surface area contributed by atoms with Crippen LogP contribution in [0.3, 0.4) is 0 Å². The first-order chi connectivity index (χ1) is 12.2. The Morgan fingerprint density at radius 2 is 1.72 bits per heavy atom. The van der Waals surface area contributed by atoms with Crippen molar-refractivity contribution in [2.45, 2.75) is 6.42 Å². The van der Waals surface area contributed by atoms with Gasteiger partial charge in [0.1, 0.15) is 0 Å². The summed E-state index contributed by atoms with van der Waals surface area (Å²) >= 11 is 0. The minimum atomic E-state index is -0.437. The highest BCUT2D eigenvalue weighted by atomic mass is 16.1. The molecule has 2 aromatic heterocycles. The van der Waals surface area contributed by atoms with E-state index in [9.17, 15) is 4.79 Å². The van der Waals surface area contributed by atoms with Gasteiger partial charge in [0.2, 0.25) is 5.91 Å². The molecule has 122 valence electrons. The molecule has 0 fully saturated rings. The molecule has 0 aliphatic rings. The average Bonchev–Trinajstić information content (AvgIpc) is 3.06. The summed E-state index contributed by atoms with van der Waals surface area (Å²) in [4.78, 5) is 15.6. The number of fused-ring (bicyclic) bond motifs is 1. The van der Waals surface area contributed by atoms with Crippen LogP contribution in [0.1, 0.15) is 21.6 Å². The SMILES string of the molecule is NC(=O)c1ccc(-c2cnc3ccc(Cc4ccccc4)nn23)cc1. The van der Waals surface area contributed by atoms with E-state index in [1.54, 1.807) is 18.3 Å². The van der Waals surface area contributed by atoms with Gasteiger partial charge in [0.15, 0.2) is 5.65 Å². The lowest BCUT2D eigenvalue weighted by molar-refractivity contribution is 0.100. The first-order valence-corrected chi connectivity index (χ1v) is 7.98. The molecule has 2 heterocycles. The smallest absolute Gasteiger partial charge is 0.248 e. The van der Waals surface area contributed by atoms with E-state index in [0.717, 1.165) is 29.0 Å². The summed E-state index contributed by atoms with van der Waals surface area (Å²) in [6.45, 7) is 0. The van der Waals surface area contributed by atoms with Gasteiger partial charge >= 0.3 is 0 Å². The van der Waals surface area contributed by atoms with Crippen molar-refractivity contribution < 1.29 is 4.79 Å². The standard InChI is InChI=1S/C20H16N4O/c21-20(25)16-8-6-15(7-9-16)18-13-22-19-11-10-17(23-24(18)19)12-14-4-2-1-3-5-14/h1-11,13H,12H2,(H2,21,25). The van der Waals surface area contributed by atoms with Crippen molar-refractivity contribution in [2.24, 2.45) is 5.73 Å². The number of hydrogen-bond donors (Lipinski definition) is 1. The second-order valence-electron chi connectivity index (χ2n) is 5.84. The van der Waals surface area contributed by atoms with Crippen molar-refractivity contribution in [3.63, 3.8) is 0 Å². The highest BCUT2D eigenvalue weighted by Gasteiger charge is 2.09. The summed E-state index contributed by atoms with van der Waals surface area (Å²) in [6, 6.07) is 21.3. The van der Waals surface area contributed by atoms with Crippen molar-refractivity contribution in [3.8, 4) is 11.3 Å². The number of carbonyl (C=O) groups excluding carboxylic acids is 1. The predicted molar refractivity (Wildman–Crippen MR) is 96.2 cm³/mol. The summed E-state index contributed by atoms with van der Waals surface area (Å²) in [5.74, 6) is -0.437. The van der Waals surface area contributed by atoms with Gasteiger partial charge in [-0.3, -0.25) is 4.79 Å². The number of amides is 1. The maximum atomic E-state index is 11.2. The molecule has 25 heavy (non-hydrogen) atoms. The van der Waals surface area contributed by atoms with Crippen LogP contribution in [0.4, 0.5) is 0 Å². The molecule has 0 saturated carbocycles. The number of imidazole rings is 1. The Morgan fingerprint density at radius 3 is 2.44 bits per heavy atom. The fourth-order valence-corrected chi connectivity index (χ4v) is 2.81. The van der Waals surface area contributed by atoms with Gasteiger partial charge in [0.05, 0.1) is 17.6 Å². The molecule has 5 heteroatoms. The van der Waals surface area contributed by atoms with Crippen molar-refractivity contribution in [2.75, 3.05) is 0 Å². The summed E-state index contributed by atoms with van der Waals surface area (Å²) in [6.07, 6.45) is 2.54. The third-order valence-corrected chi connectivity index (χ3v) is 4.11. The molecule has 0 bridgehead atoms. The van der Waals surface area contributed by atoms with Crippen molar-refractivity contribution in [1.29, 1.82) is 0 Å². The van der Waals surface area contributed by atoms with Gasteiger partial charge in [-0.1, -0.05) is 42.5 Å². The zero-order chi connectivity index (χ0) is 17.2. The van der Waals surface area contributed by atoms with Gasteiger partial charge in [0, 0.05) is 17.5 Å². The van der Waals surface area contributed by atoms with Gasteiger partial charge in [-0.15, -0.1) is 0 Å². The Morgan fingerprint density at radius 1 is 0.960 bits per heavy atom. The monoisotopic (exact) mass is 328 g/mol. The van der Waals surface area contributed by atoms with E-state index in [1.807, 2.05) is 47.0 Å². The molecule has 5 nitrogen and oxygen atoms in total. The van der Waals surface area contributed by atoms with Crippen LogP contribution >= 0.6 is 0 Å². The molecule has 0 unspecified atom stereocenters. The molecule has 0 saturated heterocycles. The van der Waals surface area contributed by atoms with Crippen molar-refractivity contribution in [3.05, 3.63) is 89.7 Å². The minimum absolute atomic E-state index is 0.437. The fourth-order valence-electron chi connectivity index (χ4n) is 2.81. The molecule has 1 amide bonds. The second kappa shape index (κ2) is 6.20. The topological polar surface area (TPSA) is 73.3 Å². The molecule has 2 aromatic carbocycles. The molecule has 0 aliphatic carbocycles. The molecule has 0 atom stereocenters. The largest absolute Gasteiger partial charge is 0.366 e. The molecular weight excluding hydrogens is 312 g/mol. The van der Waals surface area contributed by atoms with Crippen LogP contribution < -0.4 is 5.73 Å². The maximum absolute atomic E-state index is 11.2. The normalized spacial score (nSPS) is 10.9. The lowest BCUT2D eigenvalue weighted by atomic mass is 10.1. The molecule has 0 aliphatic heterocycles. The van der Waals surface area contributed by atoms with Gasteiger partial charge in [-0.2, -0.15) is 5.10 Å². The lowest BCUT2D eigenvalue weighted by Gasteiger charge is -2.05. The molecular formula is C20H16N4O. The number of benzene rings is 2. The van der Waals surface area contributed by atoms with Crippen molar-refractivity contribution >= 4 is 11.6 Å². The fraction of sp³-hybridized carbons (Fsp3) is 0.0500. The van der Waals surface area contributed by atoms with Gasteiger partial charge in [0.25, 0.3) is 0 Å². The molecule has 0 spiro atoms. The zero-order valence-corrected chi connectivity index (χ0v) is 13.5. The van der Waals surface area contributed by atoms with Crippen LogP contribution in [0, 0.1) is 0 Å². The van der Waals surface area contributed by atoms with E-state index >= 15 is 0 Å². The number of primary amides is 1. The van der Waals surface area contributed by atoms with Crippen molar-refractivity contribution in [1.82, 2.24) is 14.6 Å². The minimum Gasteiger partial charge on any atom is -0.366 e. The zero-order valence-electron chi connectivity index (χ0n) is 13.5. The summed E-state index contributed by atoms with van der Waals surface area (Å²) < 4.78 is 1.83.